The van der Waals surface area contributed by atoms with Crippen molar-refractivity contribution < 1.29 is 32.3 Å². The van der Waals surface area contributed by atoms with Gasteiger partial charge in [0.15, 0.2) is 0 Å². The molecule has 0 saturated heterocycles. The molecule has 9 nitrogen and oxygen atoms in total. The Bertz CT molecular complexity index is 640. The molecule has 0 aliphatic carbocycles. The Balaban J connectivity index is 2.44. The van der Waals surface area contributed by atoms with Crippen LogP contribution in [-0.4, -0.2) is 41.1 Å². The second kappa shape index (κ2) is 5.95. The Morgan fingerprint density at radius 1 is 1.43 bits per heavy atom. The van der Waals surface area contributed by atoms with E-state index in [0.29, 0.717) is 4.73 Å². The van der Waals surface area contributed by atoms with Crippen molar-refractivity contribution in [2.45, 2.75) is 32.3 Å². The van der Waals surface area contributed by atoms with Gasteiger partial charge in [-0.3, -0.25) is 0 Å². The van der Waals surface area contributed by atoms with Crippen molar-refractivity contribution in [3.8, 4) is 6.01 Å². The van der Waals surface area contributed by atoms with Crippen LogP contribution >= 0.6 is 0 Å². The number of rotatable bonds is 3. The van der Waals surface area contributed by atoms with Crippen LogP contribution in [0.3, 0.4) is 0 Å². The summed E-state index contributed by atoms with van der Waals surface area (Å²) in [6.07, 6.45) is -6.40. The Hall–Kier alpha value is -2.50. The van der Waals surface area contributed by atoms with E-state index in [-0.39, 0.29) is 23.6 Å². The van der Waals surface area contributed by atoms with Gasteiger partial charge in [-0.1, -0.05) is 0 Å². The van der Waals surface area contributed by atoms with Crippen molar-refractivity contribution in [1.29, 1.82) is 0 Å². The maximum absolute atomic E-state index is 12.4. The van der Waals surface area contributed by atoms with Crippen LogP contribution in [0.2, 0.25) is 0 Å². The van der Waals surface area contributed by atoms with E-state index in [4.69, 9.17) is 15.2 Å². The van der Waals surface area contributed by atoms with E-state index in [1.807, 2.05) is 0 Å². The van der Waals surface area contributed by atoms with Crippen LogP contribution in [0.5, 0.6) is 6.01 Å². The highest BCUT2D eigenvalue weighted by atomic mass is 19.4. The molecule has 1 aliphatic rings. The van der Waals surface area contributed by atoms with Crippen LogP contribution in [0, 0.1) is 0 Å². The predicted octanol–water partition coefficient (Wildman–Crippen LogP) is 0.382. The van der Waals surface area contributed by atoms with E-state index in [1.54, 1.807) is 13.8 Å². The van der Waals surface area contributed by atoms with Gasteiger partial charge < -0.3 is 25.4 Å². The summed E-state index contributed by atoms with van der Waals surface area (Å²) in [5, 5.41) is 2.66. The van der Waals surface area contributed by atoms with Crippen LogP contribution < -0.4 is 20.6 Å². The van der Waals surface area contributed by atoms with Crippen molar-refractivity contribution >= 4 is 17.8 Å². The Morgan fingerprint density at radius 3 is 2.61 bits per heavy atom. The number of nitrogens with one attached hydrogen (secondary N) is 1. The first-order valence-corrected chi connectivity index (χ1v) is 6.37. The van der Waals surface area contributed by atoms with E-state index in [1.165, 1.54) is 0 Å². The molecule has 1 aliphatic heterocycles. The smallest absolute Gasteiger partial charge is 0.466 e. The average Bonchev–Trinajstić information content (AvgIpc) is 2.76. The molecule has 0 fully saturated rings. The van der Waals surface area contributed by atoms with Gasteiger partial charge in [0.25, 0.3) is 6.02 Å². The van der Waals surface area contributed by atoms with Gasteiger partial charge in [0.1, 0.15) is 11.9 Å². The minimum atomic E-state index is -5.20. The lowest BCUT2D eigenvalue weighted by Gasteiger charge is -2.22. The normalized spacial score (nSPS) is 17.2. The molecule has 1 aromatic rings. The largest absolute Gasteiger partial charge is 0.493 e. The number of hydrogen-bond acceptors (Lipinski definition) is 8. The van der Waals surface area contributed by atoms with Crippen LogP contribution in [-0.2, 0) is 9.53 Å². The zero-order valence-corrected chi connectivity index (χ0v) is 12.3. The first kappa shape index (κ1) is 16.9. The monoisotopic (exact) mass is 337 g/mol. The molecular weight excluding hydrogens is 323 g/mol. The van der Waals surface area contributed by atoms with E-state index in [9.17, 15) is 18.0 Å². The van der Waals surface area contributed by atoms with Gasteiger partial charge in [-0.05, 0) is 13.8 Å². The van der Waals surface area contributed by atoms with Crippen molar-refractivity contribution in [3.05, 3.63) is 5.69 Å². The summed E-state index contributed by atoms with van der Waals surface area (Å²) < 4.78 is 47.7. The molecule has 23 heavy (non-hydrogen) atoms. The summed E-state index contributed by atoms with van der Waals surface area (Å²) in [6, 6.07) is -0.466. The number of fused-ring (bicyclic) bond motifs is 1. The van der Waals surface area contributed by atoms with Gasteiger partial charge in [0, 0.05) is 0 Å². The number of carbonyl (C=O) groups is 1. The van der Waals surface area contributed by atoms with Crippen LogP contribution in [0.15, 0.2) is 4.99 Å². The SMILES string of the molecule is COc1nc2c(n1OC(=O)C(F)(F)F)N=C(OC(C)C)NC2N. The van der Waals surface area contributed by atoms with Crippen LogP contribution in [0.25, 0.3) is 0 Å². The number of aliphatic imine (C=N–C) groups is 1. The lowest BCUT2D eigenvalue weighted by Crippen LogP contribution is -2.40. The number of aromatic nitrogens is 2. The first-order valence-electron chi connectivity index (χ1n) is 6.37. The third kappa shape index (κ3) is 3.47. The second-order valence-electron chi connectivity index (χ2n) is 4.68. The number of methoxy groups -OCH3 is 1. The third-order valence-electron chi connectivity index (χ3n) is 2.53. The fourth-order valence-corrected chi connectivity index (χ4v) is 1.66. The molecule has 0 aromatic carbocycles. The molecule has 0 bridgehead atoms. The molecule has 1 unspecified atom stereocenters. The van der Waals surface area contributed by atoms with Crippen molar-refractivity contribution in [2.75, 3.05) is 7.11 Å². The lowest BCUT2D eigenvalue weighted by atomic mass is 10.3. The van der Waals surface area contributed by atoms with Gasteiger partial charge in [-0.25, -0.2) is 4.79 Å². The number of nitrogens with two attached hydrogens (primary N) is 1. The van der Waals surface area contributed by atoms with Crippen LogP contribution in [0.1, 0.15) is 25.7 Å². The highest BCUT2D eigenvalue weighted by molar-refractivity contribution is 5.80. The minimum Gasteiger partial charge on any atom is -0.466 e. The maximum atomic E-state index is 12.4. The average molecular weight is 337 g/mol. The molecule has 0 saturated carbocycles. The summed E-state index contributed by atoms with van der Waals surface area (Å²) in [4.78, 5) is 23.1. The van der Waals surface area contributed by atoms with Crippen LogP contribution in [0.4, 0.5) is 19.0 Å². The van der Waals surface area contributed by atoms with E-state index >= 15 is 0 Å². The van der Waals surface area contributed by atoms with Gasteiger partial charge >= 0.3 is 18.2 Å². The van der Waals surface area contributed by atoms with Crippen molar-refractivity contribution in [2.24, 2.45) is 10.7 Å². The molecule has 0 spiro atoms. The van der Waals surface area contributed by atoms with Crippen molar-refractivity contribution in [1.82, 2.24) is 15.0 Å². The molecule has 1 aromatic heterocycles. The molecule has 1 atom stereocenters. The van der Waals surface area contributed by atoms with E-state index in [0.717, 1.165) is 7.11 Å². The molecule has 3 N–H and O–H groups in total. The number of alkyl halides is 3. The van der Waals surface area contributed by atoms with Gasteiger partial charge in [0.2, 0.25) is 5.82 Å². The third-order valence-corrected chi connectivity index (χ3v) is 2.53. The minimum absolute atomic E-state index is 0.0351. The topological polar surface area (TPSA) is 113 Å². The Morgan fingerprint density at radius 2 is 2.09 bits per heavy atom. The summed E-state index contributed by atoms with van der Waals surface area (Å²) >= 11 is 0. The summed E-state index contributed by atoms with van der Waals surface area (Å²) in [7, 11) is 1.14. The lowest BCUT2D eigenvalue weighted by molar-refractivity contribution is -0.200. The van der Waals surface area contributed by atoms with Gasteiger partial charge in [0.05, 0.1) is 13.2 Å². The molecule has 2 heterocycles. The Labute approximate surface area is 128 Å². The molecule has 2 rings (SSSR count). The fourth-order valence-electron chi connectivity index (χ4n) is 1.66. The molecule has 12 heteroatoms. The highest BCUT2D eigenvalue weighted by Gasteiger charge is 2.43. The van der Waals surface area contributed by atoms with Gasteiger partial charge in [-0.15, -0.1) is 4.73 Å². The van der Waals surface area contributed by atoms with E-state index < -0.39 is 24.3 Å². The number of ether oxygens (including phenoxy) is 2. The predicted molar refractivity (Wildman–Crippen MR) is 69.8 cm³/mol. The molecule has 128 valence electrons. The number of amidine groups is 1. The summed E-state index contributed by atoms with van der Waals surface area (Å²) in [6.45, 7) is 3.43. The molecule has 0 amide bonds. The summed E-state index contributed by atoms with van der Waals surface area (Å²) in [5.74, 6) is -2.69. The second-order valence-corrected chi connectivity index (χ2v) is 4.68. The van der Waals surface area contributed by atoms with E-state index in [2.05, 4.69) is 20.1 Å². The molecular formula is C11H14F3N5O4. The van der Waals surface area contributed by atoms with Gasteiger partial charge in [-0.2, -0.15) is 23.1 Å². The van der Waals surface area contributed by atoms with Crippen molar-refractivity contribution in [3.63, 3.8) is 0 Å². The zero-order valence-electron chi connectivity index (χ0n) is 12.3. The number of carbonyl (C=O) groups excluding carboxylic acids is 1. The molecule has 0 radical (unpaired) electrons. The summed E-state index contributed by atoms with van der Waals surface area (Å²) in [5.41, 5.74) is 5.84. The number of imidazole rings is 1. The number of hydrogen-bond donors (Lipinski definition) is 2. The Kier molecular flexibility index (Phi) is 4.36. The number of nitrogens with zero attached hydrogens (tertiary/aromatic N) is 3. The maximum Gasteiger partial charge on any atom is 0.493 e. The quantitative estimate of drug-likeness (QED) is 0.820. The first-order chi connectivity index (χ1) is 10.6. The zero-order chi connectivity index (χ0) is 17.4. The number of halogens is 3. The standard InChI is InChI=1S/C11H14F3N5O4/c1-4(2)22-9-17-6(15)5-7(18-9)19(10(16-5)21-3)23-8(20)11(12,13)14/h4,6H,15H2,1-3H3,(H,17,18). The fraction of sp³-hybridized carbons (Fsp3) is 0.545. The highest BCUT2D eigenvalue weighted by Crippen LogP contribution is 2.31.